The van der Waals surface area contributed by atoms with Crippen molar-refractivity contribution in [2.24, 2.45) is 0 Å². The number of imidazole rings is 1. The fourth-order valence-electron chi connectivity index (χ4n) is 3.10. The number of aliphatic hydroxyl groups excluding tert-OH is 3. The highest BCUT2D eigenvalue weighted by Gasteiger charge is 2.44. The number of aromatic nitrogens is 4. The maximum Gasteiger partial charge on any atom is 0.167 e. The van der Waals surface area contributed by atoms with E-state index in [0.29, 0.717) is 22.5 Å². The fourth-order valence-corrected chi connectivity index (χ4v) is 3.10. The van der Waals surface area contributed by atoms with Gasteiger partial charge in [-0.2, -0.15) is 0 Å². The smallest absolute Gasteiger partial charge is 0.167 e. The molecule has 4 N–H and O–H groups in total. The first kappa shape index (κ1) is 17.7. The Morgan fingerprint density at radius 3 is 2.70 bits per heavy atom. The van der Waals surface area contributed by atoms with E-state index in [9.17, 15) is 19.7 Å². The third kappa shape index (κ3) is 3.12. The van der Waals surface area contributed by atoms with E-state index >= 15 is 0 Å². The topological polar surface area (TPSA) is 126 Å². The molecule has 1 aliphatic rings. The van der Waals surface area contributed by atoms with Crippen molar-refractivity contribution in [2.75, 3.05) is 11.9 Å². The minimum atomic E-state index is -1.25. The van der Waals surface area contributed by atoms with Crippen LogP contribution in [-0.4, -0.2) is 59.8 Å². The number of hydrogen-bond acceptors (Lipinski definition) is 8. The molecule has 2 aromatic heterocycles. The number of anilines is 1. The number of nitrogens with one attached hydrogen (secondary N) is 1. The van der Waals surface area contributed by atoms with Crippen LogP contribution >= 0.6 is 0 Å². The van der Waals surface area contributed by atoms with Gasteiger partial charge in [-0.25, -0.2) is 19.3 Å². The lowest BCUT2D eigenvalue weighted by Crippen LogP contribution is -2.33. The third-order valence-electron chi connectivity index (χ3n) is 4.55. The van der Waals surface area contributed by atoms with E-state index in [2.05, 4.69) is 20.3 Å². The van der Waals surface area contributed by atoms with E-state index in [4.69, 9.17) is 4.74 Å². The first-order valence-corrected chi connectivity index (χ1v) is 8.37. The van der Waals surface area contributed by atoms with E-state index in [-0.39, 0.29) is 12.4 Å². The molecule has 1 aromatic carbocycles. The predicted octanol–water partition coefficient (Wildman–Crippen LogP) is 0.189. The molecule has 0 spiro atoms. The number of nitrogens with zero attached hydrogens (tertiary/aromatic N) is 4. The van der Waals surface area contributed by atoms with Crippen LogP contribution in [-0.2, 0) is 11.3 Å². The molecular formula is C17H18FN5O4. The van der Waals surface area contributed by atoms with Crippen LogP contribution in [0.4, 0.5) is 10.2 Å². The molecule has 0 radical (unpaired) electrons. The van der Waals surface area contributed by atoms with Crippen molar-refractivity contribution in [3.8, 4) is 0 Å². The maximum absolute atomic E-state index is 13.8. The zero-order chi connectivity index (χ0) is 19.0. The highest BCUT2D eigenvalue weighted by Crippen LogP contribution is 2.32. The summed E-state index contributed by atoms with van der Waals surface area (Å²) < 4.78 is 20.8. The van der Waals surface area contributed by atoms with Crippen LogP contribution in [0.25, 0.3) is 11.2 Å². The summed E-state index contributed by atoms with van der Waals surface area (Å²) in [5.74, 6) is 0.0705. The van der Waals surface area contributed by atoms with Gasteiger partial charge in [-0.05, 0) is 6.07 Å². The Balaban J connectivity index is 1.61. The molecule has 27 heavy (non-hydrogen) atoms. The average molecular weight is 375 g/mol. The van der Waals surface area contributed by atoms with Crippen LogP contribution in [0.3, 0.4) is 0 Å². The van der Waals surface area contributed by atoms with Crippen molar-refractivity contribution in [3.63, 3.8) is 0 Å². The predicted molar refractivity (Wildman–Crippen MR) is 92.1 cm³/mol. The van der Waals surface area contributed by atoms with Gasteiger partial charge in [-0.3, -0.25) is 4.57 Å². The normalized spacial score (nSPS) is 25.2. The summed E-state index contributed by atoms with van der Waals surface area (Å²) in [6.45, 7) is -0.217. The Kier molecular flexibility index (Phi) is 4.70. The summed E-state index contributed by atoms with van der Waals surface area (Å²) in [6, 6.07) is 6.40. The van der Waals surface area contributed by atoms with Crippen molar-refractivity contribution >= 4 is 17.0 Å². The second-order valence-electron chi connectivity index (χ2n) is 6.22. The number of fused-ring (bicyclic) bond motifs is 1. The quantitative estimate of drug-likeness (QED) is 0.498. The number of halogens is 1. The van der Waals surface area contributed by atoms with Gasteiger partial charge in [0.1, 0.15) is 30.5 Å². The van der Waals surface area contributed by atoms with Gasteiger partial charge in [0.2, 0.25) is 0 Å². The molecular weight excluding hydrogens is 357 g/mol. The second-order valence-corrected chi connectivity index (χ2v) is 6.22. The van der Waals surface area contributed by atoms with E-state index in [1.807, 2.05) is 0 Å². The van der Waals surface area contributed by atoms with Crippen molar-refractivity contribution in [2.45, 2.75) is 31.1 Å². The highest BCUT2D eigenvalue weighted by atomic mass is 19.1. The second kappa shape index (κ2) is 7.16. The minimum Gasteiger partial charge on any atom is -0.394 e. The standard InChI is InChI=1S/C17H18FN5O4/c18-10-4-2-1-3-9(10)5-19-15-12-16(21-7-20-15)23(8-22-12)17-14(26)13(25)11(6-24)27-17/h1-4,7-8,11,13-14,17,24-26H,5-6H2,(H,19,20,21)/t11-,13-,14-,17-/m1/s1. The number of hydrogen-bond donors (Lipinski definition) is 4. The van der Waals surface area contributed by atoms with E-state index in [0.717, 1.165) is 0 Å². The van der Waals surface area contributed by atoms with E-state index in [1.54, 1.807) is 18.2 Å². The molecule has 4 rings (SSSR count). The number of ether oxygens (including phenoxy) is 1. The molecule has 142 valence electrons. The number of rotatable bonds is 5. The number of aliphatic hydroxyl groups is 3. The molecule has 1 fully saturated rings. The fraction of sp³-hybridized carbons (Fsp3) is 0.353. The van der Waals surface area contributed by atoms with Gasteiger partial charge in [0.25, 0.3) is 0 Å². The van der Waals surface area contributed by atoms with Gasteiger partial charge in [0.15, 0.2) is 23.2 Å². The third-order valence-corrected chi connectivity index (χ3v) is 4.55. The summed E-state index contributed by atoms with van der Waals surface area (Å²) >= 11 is 0. The van der Waals surface area contributed by atoms with Crippen LogP contribution in [0.15, 0.2) is 36.9 Å². The van der Waals surface area contributed by atoms with Gasteiger partial charge in [0, 0.05) is 12.1 Å². The Morgan fingerprint density at radius 1 is 1.15 bits per heavy atom. The van der Waals surface area contributed by atoms with Crippen LogP contribution < -0.4 is 5.32 Å². The Bertz CT molecular complexity index is 952. The molecule has 10 heteroatoms. The Hall–Kier alpha value is -2.66. The van der Waals surface area contributed by atoms with Gasteiger partial charge < -0.3 is 25.4 Å². The lowest BCUT2D eigenvalue weighted by molar-refractivity contribution is -0.0511. The molecule has 1 aliphatic heterocycles. The first-order valence-electron chi connectivity index (χ1n) is 8.37. The van der Waals surface area contributed by atoms with E-state index < -0.39 is 31.1 Å². The lowest BCUT2D eigenvalue weighted by Gasteiger charge is -2.16. The van der Waals surface area contributed by atoms with E-state index in [1.165, 1.54) is 23.3 Å². The summed E-state index contributed by atoms with van der Waals surface area (Å²) in [4.78, 5) is 12.6. The minimum absolute atomic E-state index is 0.208. The molecule has 3 aromatic rings. The molecule has 4 atom stereocenters. The van der Waals surface area contributed by atoms with Crippen LogP contribution in [0.2, 0.25) is 0 Å². The average Bonchev–Trinajstić information content (AvgIpc) is 3.23. The van der Waals surface area contributed by atoms with Gasteiger partial charge in [0.05, 0.1) is 12.9 Å². The van der Waals surface area contributed by atoms with Crippen LogP contribution in [0.5, 0.6) is 0 Å². The largest absolute Gasteiger partial charge is 0.394 e. The van der Waals surface area contributed by atoms with Gasteiger partial charge in [-0.1, -0.05) is 18.2 Å². The van der Waals surface area contributed by atoms with Crippen molar-refractivity contribution in [1.82, 2.24) is 19.5 Å². The maximum atomic E-state index is 13.8. The Labute approximate surface area is 153 Å². The molecule has 0 amide bonds. The van der Waals surface area contributed by atoms with Crippen molar-refractivity contribution in [1.29, 1.82) is 0 Å². The van der Waals surface area contributed by atoms with Gasteiger partial charge >= 0.3 is 0 Å². The summed E-state index contributed by atoms with van der Waals surface area (Å²) in [5.41, 5.74) is 1.26. The zero-order valence-electron chi connectivity index (χ0n) is 14.1. The first-order chi connectivity index (χ1) is 13.1. The molecule has 0 saturated carbocycles. The zero-order valence-corrected chi connectivity index (χ0v) is 14.1. The van der Waals surface area contributed by atoms with Crippen LogP contribution in [0.1, 0.15) is 11.8 Å². The van der Waals surface area contributed by atoms with Crippen LogP contribution in [0, 0.1) is 5.82 Å². The highest BCUT2D eigenvalue weighted by molar-refractivity contribution is 5.82. The monoisotopic (exact) mass is 375 g/mol. The molecule has 9 nitrogen and oxygen atoms in total. The number of benzene rings is 1. The van der Waals surface area contributed by atoms with Gasteiger partial charge in [-0.15, -0.1) is 0 Å². The molecule has 0 bridgehead atoms. The lowest BCUT2D eigenvalue weighted by atomic mass is 10.1. The van der Waals surface area contributed by atoms with Crippen molar-refractivity contribution < 1.29 is 24.4 Å². The summed E-state index contributed by atoms with van der Waals surface area (Å²) in [5, 5.41) is 32.4. The molecule has 0 aliphatic carbocycles. The SMILES string of the molecule is OC[C@H]1O[C@@H](n2cnc3c(NCc4ccccc4F)ncnc32)[C@H](O)[C@@H]1O. The molecule has 0 unspecified atom stereocenters. The molecule has 3 heterocycles. The summed E-state index contributed by atoms with van der Waals surface area (Å²) in [6.07, 6.45) is -1.60. The Morgan fingerprint density at radius 2 is 1.96 bits per heavy atom. The summed E-state index contributed by atoms with van der Waals surface area (Å²) in [7, 11) is 0. The molecule has 1 saturated heterocycles. The van der Waals surface area contributed by atoms with Crippen molar-refractivity contribution in [3.05, 3.63) is 48.3 Å².